The zero-order valence-electron chi connectivity index (χ0n) is 14.7. The SMILES string of the molecule is C[Si](C)(C)CCOCO[C@@H]1[C@H](O)[C@@H](CO)O[C@H]1n1ccc(=O)[nH]c1=O. The fourth-order valence-corrected chi connectivity index (χ4v) is 3.22. The molecule has 0 amide bonds. The molecule has 0 bridgehead atoms. The van der Waals surface area contributed by atoms with Crippen LogP contribution in [0.4, 0.5) is 0 Å². The van der Waals surface area contributed by atoms with Gasteiger partial charge in [0, 0.05) is 26.9 Å². The van der Waals surface area contributed by atoms with Crippen LogP contribution in [0.5, 0.6) is 0 Å². The van der Waals surface area contributed by atoms with Gasteiger partial charge in [-0.05, 0) is 6.04 Å². The summed E-state index contributed by atoms with van der Waals surface area (Å²) >= 11 is 0. The number of hydrogen-bond donors (Lipinski definition) is 3. The number of ether oxygens (including phenoxy) is 3. The van der Waals surface area contributed by atoms with Crippen molar-refractivity contribution < 1.29 is 24.4 Å². The molecule has 2 rings (SSSR count). The van der Waals surface area contributed by atoms with E-state index < -0.39 is 50.5 Å². The van der Waals surface area contributed by atoms with Crippen molar-refractivity contribution in [3.8, 4) is 0 Å². The molecule has 1 fully saturated rings. The van der Waals surface area contributed by atoms with Gasteiger partial charge in [0.15, 0.2) is 6.23 Å². The molecule has 2 heterocycles. The number of hydrogen-bond acceptors (Lipinski definition) is 7. The first-order valence-electron chi connectivity index (χ1n) is 8.18. The summed E-state index contributed by atoms with van der Waals surface area (Å²) in [6.07, 6.45) is -2.64. The first-order valence-corrected chi connectivity index (χ1v) is 11.9. The van der Waals surface area contributed by atoms with Crippen molar-refractivity contribution >= 4 is 8.07 Å². The molecule has 1 aliphatic rings. The van der Waals surface area contributed by atoms with Crippen LogP contribution in [-0.4, -0.2) is 66.2 Å². The molecule has 9 nitrogen and oxygen atoms in total. The summed E-state index contributed by atoms with van der Waals surface area (Å²) in [5.41, 5.74) is -1.22. The smallest absolute Gasteiger partial charge is 0.330 e. The minimum absolute atomic E-state index is 0.0671. The number of aromatic amines is 1. The van der Waals surface area contributed by atoms with Crippen LogP contribution in [0, 0.1) is 0 Å². The fourth-order valence-electron chi connectivity index (χ4n) is 2.46. The van der Waals surface area contributed by atoms with Crippen LogP contribution < -0.4 is 11.2 Å². The molecular formula is C15H26N2O7Si. The van der Waals surface area contributed by atoms with E-state index in [1.807, 2.05) is 0 Å². The summed E-state index contributed by atoms with van der Waals surface area (Å²) in [6.45, 7) is 6.75. The van der Waals surface area contributed by atoms with Crippen molar-refractivity contribution in [3.63, 3.8) is 0 Å². The first-order chi connectivity index (χ1) is 11.7. The predicted molar refractivity (Wildman–Crippen MR) is 92.2 cm³/mol. The molecule has 1 saturated heterocycles. The third kappa shape index (κ3) is 5.33. The van der Waals surface area contributed by atoms with E-state index in [2.05, 4.69) is 24.6 Å². The maximum atomic E-state index is 12.0. The van der Waals surface area contributed by atoms with Crippen LogP contribution in [0.25, 0.3) is 0 Å². The Bertz CT molecular complexity index is 669. The van der Waals surface area contributed by atoms with Crippen LogP contribution in [0.2, 0.25) is 25.7 Å². The fraction of sp³-hybridized carbons (Fsp3) is 0.733. The van der Waals surface area contributed by atoms with E-state index in [4.69, 9.17) is 14.2 Å². The molecule has 10 heteroatoms. The molecule has 1 aromatic rings. The van der Waals surface area contributed by atoms with Gasteiger partial charge in [-0.15, -0.1) is 0 Å². The Morgan fingerprint density at radius 2 is 2.08 bits per heavy atom. The van der Waals surface area contributed by atoms with E-state index in [-0.39, 0.29) is 6.79 Å². The third-order valence-electron chi connectivity index (χ3n) is 3.96. The summed E-state index contributed by atoms with van der Waals surface area (Å²) in [7, 11) is -1.21. The molecule has 0 unspecified atom stereocenters. The highest BCUT2D eigenvalue weighted by Crippen LogP contribution is 2.30. The van der Waals surface area contributed by atoms with Crippen LogP contribution >= 0.6 is 0 Å². The molecule has 1 aliphatic heterocycles. The Kier molecular flexibility index (Phi) is 6.71. The highest BCUT2D eigenvalue weighted by Gasteiger charge is 2.45. The molecule has 1 aromatic heterocycles. The molecular weight excluding hydrogens is 348 g/mol. The van der Waals surface area contributed by atoms with E-state index in [0.29, 0.717) is 6.61 Å². The summed E-state index contributed by atoms with van der Waals surface area (Å²) in [6, 6.07) is 2.15. The van der Waals surface area contributed by atoms with Gasteiger partial charge in [0.05, 0.1) is 6.61 Å². The van der Waals surface area contributed by atoms with Gasteiger partial charge < -0.3 is 24.4 Å². The standard InChI is InChI=1S/C15H26N2O7Si/c1-25(2,3)7-6-22-9-23-13-12(20)10(8-18)24-14(13)17-5-4-11(19)16-15(17)21/h4-5,10,12-14,18,20H,6-9H2,1-3H3,(H,16,19,21)/t10-,12-,13-,14-/m1/s1. The third-order valence-corrected chi connectivity index (χ3v) is 5.66. The topological polar surface area (TPSA) is 123 Å². The Hall–Kier alpha value is -1.30. The normalized spacial score (nSPS) is 26.9. The average Bonchev–Trinajstić information content (AvgIpc) is 2.82. The van der Waals surface area contributed by atoms with E-state index in [1.165, 1.54) is 12.3 Å². The van der Waals surface area contributed by atoms with E-state index >= 15 is 0 Å². The Labute approximate surface area is 146 Å². The molecule has 0 aliphatic carbocycles. The maximum Gasteiger partial charge on any atom is 0.330 e. The van der Waals surface area contributed by atoms with Crippen molar-refractivity contribution in [2.75, 3.05) is 20.0 Å². The van der Waals surface area contributed by atoms with E-state index in [1.54, 1.807) is 0 Å². The number of rotatable bonds is 8. The second-order valence-electron chi connectivity index (χ2n) is 7.22. The average molecular weight is 374 g/mol. The largest absolute Gasteiger partial charge is 0.394 e. The molecule has 0 aromatic carbocycles. The van der Waals surface area contributed by atoms with E-state index in [9.17, 15) is 19.8 Å². The van der Waals surface area contributed by atoms with Gasteiger partial charge in [-0.25, -0.2) is 4.79 Å². The number of nitrogens with zero attached hydrogens (tertiary/aromatic N) is 1. The summed E-state index contributed by atoms with van der Waals surface area (Å²) < 4.78 is 17.7. The van der Waals surface area contributed by atoms with Gasteiger partial charge in [-0.1, -0.05) is 19.6 Å². The van der Waals surface area contributed by atoms with Crippen molar-refractivity contribution in [2.45, 2.75) is 50.2 Å². The minimum atomic E-state index is -1.21. The summed E-state index contributed by atoms with van der Waals surface area (Å²) in [5.74, 6) is 0. The van der Waals surface area contributed by atoms with Gasteiger partial charge in [0.2, 0.25) is 0 Å². The number of H-pyrrole nitrogens is 1. The van der Waals surface area contributed by atoms with Crippen molar-refractivity contribution in [3.05, 3.63) is 33.1 Å². The monoisotopic (exact) mass is 374 g/mol. The van der Waals surface area contributed by atoms with Gasteiger partial charge in [0.1, 0.15) is 25.1 Å². The first kappa shape index (κ1) is 20.0. The number of aliphatic hydroxyl groups is 2. The lowest BCUT2D eigenvalue weighted by atomic mass is 10.1. The van der Waals surface area contributed by atoms with Crippen molar-refractivity contribution in [2.24, 2.45) is 0 Å². The Balaban J connectivity index is 2.04. The van der Waals surface area contributed by atoms with Gasteiger partial charge in [-0.2, -0.15) is 0 Å². The molecule has 4 atom stereocenters. The lowest BCUT2D eigenvalue weighted by Crippen LogP contribution is -2.39. The summed E-state index contributed by atoms with van der Waals surface area (Å²) in [4.78, 5) is 25.3. The lowest BCUT2D eigenvalue weighted by Gasteiger charge is -2.22. The minimum Gasteiger partial charge on any atom is -0.394 e. The van der Waals surface area contributed by atoms with Gasteiger partial charge in [0.25, 0.3) is 5.56 Å². The highest BCUT2D eigenvalue weighted by atomic mass is 28.3. The zero-order chi connectivity index (χ0) is 18.6. The quantitative estimate of drug-likeness (QED) is 0.318. The van der Waals surface area contributed by atoms with Gasteiger partial charge in [-0.3, -0.25) is 14.3 Å². The second kappa shape index (κ2) is 8.38. The van der Waals surface area contributed by atoms with Crippen LogP contribution in [0.15, 0.2) is 21.9 Å². The van der Waals surface area contributed by atoms with Gasteiger partial charge >= 0.3 is 5.69 Å². The number of aromatic nitrogens is 2. The van der Waals surface area contributed by atoms with Crippen LogP contribution in [0.1, 0.15) is 6.23 Å². The maximum absolute atomic E-state index is 12.0. The second-order valence-corrected chi connectivity index (χ2v) is 12.8. The molecule has 0 saturated carbocycles. The predicted octanol–water partition coefficient (Wildman–Crippen LogP) is -0.515. The molecule has 0 spiro atoms. The van der Waals surface area contributed by atoms with Crippen LogP contribution in [0.3, 0.4) is 0 Å². The summed E-state index contributed by atoms with van der Waals surface area (Å²) in [5, 5.41) is 19.6. The molecule has 142 valence electrons. The van der Waals surface area contributed by atoms with Crippen molar-refractivity contribution in [1.82, 2.24) is 9.55 Å². The number of aliphatic hydroxyl groups excluding tert-OH is 2. The Morgan fingerprint density at radius 1 is 1.36 bits per heavy atom. The van der Waals surface area contributed by atoms with E-state index in [0.717, 1.165) is 10.6 Å². The lowest BCUT2D eigenvalue weighted by molar-refractivity contribution is -0.138. The zero-order valence-corrected chi connectivity index (χ0v) is 15.7. The Morgan fingerprint density at radius 3 is 2.68 bits per heavy atom. The highest BCUT2D eigenvalue weighted by molar-refractivity contribution is 6.76. The molecule has 0 radical (unpaired) electrons. The molecule has 25 heavy (non-hydrogen) atoms. The van der Waals surface area contributed by atoms with Crippen molar-refractivity contribution in [1.29, 1.82) is 0 Å². The molecule has 3 N–H and O–H groups in total. The van der Waals surface area contributed by atoms with Crippen LogP contribution in [-0.2, 0) is 14.2 Å². The number of nitrogens with one attached hydrogen (secondary N) is 1.